The van der Waals surface area contributed by atoms with Crippen molar-refractivity contribution < 1.29 is 8.42 Å². The van der Waals surface area contributed by atoms with Crippen LogP contribution in [0.25, 0.3) is 0 Å². The van der Waals surface area contributed by atoms with E-state index in [9.17, 15) is 8.42 Å². The summed E-state index contributed by atoms with van der Waals surface area (Å²) in [5.41, 5.74) is 0.669. The lowest BCUT2D eigenvalue weighted by Gasteiger charge is -2.16. The topological polar surface area (TPSA) is 86.9 Å². The number of hydrogen-bond donors (Lipinski definition) is 3. The first-order valence-electron chi connectivity index (χ1n) is 7.12. The van der Waals surface area contributed by atoms with Crippen LogP contribution in [0.5, 0.6) is 0 Å². The molecule has 6 nitrogen and oxygen atoms in total. The average Bonchev–Trinajstić information content (AvgIpc) is 2.76. The van der Waals surface area contributed by atoms with Crippen molar-refractivity contribution in [2.75, 3.05) is 6.54 Å². The summed E-state index contributed by atoms with van der Waals surface area (Å²) in [6.07, 6.45) is 3.37. The molecule has 0 aromatic carbocycles. The van der Waals surface area contributed by atoms with Crippen LogP contribution in [-0.4, -0.2) is 31.2 Å². The highest BCUT2D eigenvalue weighted by Crippen LogP contribution is 2.14. The molecule has 0 amide bonds. The lowest BCUT2D eigenvalue weighted by Crippen LogP contribution is -2.34. The maximum Gasteiger partial charge on any atom is 0.258 e. The maximum atomic E-state index is 12.3. The molecule has 0 aliphatic heterocycles. The van der Waals surface area contributed by atoms with Gasteiger partial charge in [0.25, 0.3) is 10.0 Å². The minimum Gasteiger partial charge on any atom is -0.313 e. The number of hydrogen-bond acceptors (Lipinski definition) is 4. The van der Waals surface area contributed by atoms with Gasteiger partial charge in [-0.3, -0.25) is 5.10 Å². The molecule has 1 unspecified atom stereocenters. The SMILES string of the molecule is CCCNCc1cn[nH]c1S(=O)(=O)NC(C)CC(C)C. The van der Waals surface area contributed by atoms with E-state index in [2.05, 4.69) is 41.0 Å². The summed E-state index contributed by atoms with van der Waals surface area (Å²) in [4.78, 5) is 0. The van der Waals surface area contributed by atoms with Gasteiger partial charge in [0, 0.05) is 18.2 Å². The quantitative estimate of drug-likeness (QED) is 0.605. The first-order valence-corrected chi connectivity index (χ1v) is 8.60. The van der Waals surface area contributed by atoms with Gasteiger partial charge in [-0.2, -0.15) is 5.10 Å². The predicted molar refractivity (Wildman–Crippen MR) is 79.8 cm³/mol. The van der Waals surface area contributed by atoms with Gasteiger partial charge in [-0.1, -0.05) is 20.8 Å². The number of nitrogens with zero attached hydrogens (tertiary/aromatic N) is 1. The molecule has 0 bridgehead atoms. The van der Waals surface area contributed by atoms with E-state index >= 15 is 0 Å². The molecule has 0 spiro atoms. The van der Waals surface area contributed by atoms with Crippen LogP contribution in [0.4, 0.5) is 0 Å². The number of sulfonamides is 1. The van der Waals surface area contributed by atoms with Gasteiger partial charge in [0.2, 0.25) is 0 Å². The van der Waals surface area contributed by atoms with Gasteiger partial charge in [-0.05, 0) is 32.2 Å². The largest absolute Gasteiger partial charge is 0.313 e. The molecule has 20 heavy (non-hydrogen) atoms. The molecule has 3 N–H and O–H groups in total. The van der Waals surface area contributed by atoms with Gasteiger partial charge >= 0.3 is 0 Å². The van der Waals surface area contributed by atoms with Crippen molar-refractivity contribution >= 4 is 10.0 Å². The van der Waals surface area contributed by atoms with Crippen LogP contribution < -0.4 is 10.0 Å². The van der Waals surface area contributed by atoms with Crippen molar-refractivity contribution in [1.29, 1.82) is 0 Å². The Morgan fingerprint density at radius 2 is 2.05 bits per heavy atom. The Morgan fingerprint density at radius 1 is 1.35 bits per heavy atom. The summed E-state index contributed by atoms with van der Waals surface area (Å²) in [7, 11) is -3.54. The van der Waals surface area contributed by atoms with Crippen LogP contribution in [0.15, 0.2) is 11.2 Å². The predicted octanol–water partition coefficient (Wildman–Crippen LogP) is 1.62. The number of H-pyrrole nitrogens is 1. The Hall–Kier alpha value is -0.920. The molecule has 1 aromatic rings. The fourth-order valence-corrected chi connectivity index (χ4v) is 3.52. The highest BCUT2D eigenvalue weighted by molar-refractivity contribution is 7.89. The zero-order valence-electron chi connectivity index (χ0n) is 12.7. The first-order chi connectivity index (χ1) is 9.36. The van der Waals surface area contributed by atoms with Crippen molar-refractivity contribution in [1.82, 2.24) is 20.2 Å². The fraction of sp³-hybridized carbons (Fsp3) is 0.769. The van der Waals surface area contributed by atoms with Crippen molar-refractivity contribution in [3.63, 3.8) is 0 Å². The Kier molecular flexibility index (Phi) is 6.64. The van der Waals surface area contributed by atoms with Gasteiger partial charge in [0.15, 0.2) is 5.03 Å². The van der Waals surface area contributed by atoms with Crippen molar-refractivity contribution in [2.45, 2.75) is 58.1 Å². The normalized spacial score (nSPS) is 13.8. The van der Waals surface area contributed by atoms with Crippen LogP contribution in [0.2, 0.25) is 0 Å². The minimum atomic E-state index is -3.54. The van der Waals surface area contributed by atoms with Gasteiger partial charge in [0.1, 0.15) is 0 Å². The van der Waals surface area contributed by atoms with Gasteiger partial charge in [-0.15, -0.1) is 0 Å². The fourth-order valence-electron chi connectivity index (χ4n) is 2.14. The number of aromatic amines is 1. The summed E-state index contributed by atoms with van der Waals surface area (Å²) in [6.45, 7) is 9.43. The Bertz CT molecular complexity index is 496. The van der Waals surface area contributed by atoms with E-state index in [0.717, 1.165) is 19.4 Å². The third kappa shape index (κ3) is 5.22. The molecule has 0 fully saturated rings. The lowest BCUT2D eigenvalue weighted by molar-refractivity contribution is 0.481. The Morgan fingerprint density at radius 3 is 2.65 bits per heavy atom. The molecule has 0 radical (unpaired) electrons. The minimum absolute atomic E-state index is 0.0975. The van der Waals surface area contributed by atoms with Crippen molar-refractivity contribution in [3.05, 3.63) is 11.8 Å². The summed E-state index contributed by atoms with van der Waals surface area (Å²) in [5, 5.41) is 9.79. The third-order valence-electron chi connectivity index (χ3n) is 2.87. The monoisotopic (exact) mass is 302 g/mol. The van der Waals surface area contributed by atoms with E-state index in [0.29, 0.717) is 18.0 Å². The van der Waals surface area contributed by atoms with E-state index in [1.165, 1.54) is 0 Å². The van der Waals surface area contributed by atoms with Crippen molar-refractivity contribution in [3.8, 4) is 0 Å². The summed E-state index contributed by atoms with van der Waals surface area (Å²) < 4.78 is 27.4. The zero-order chi connectivity index (χ0) is 15.2. The second-order valence-corrected chi connectivity index (χ2v) is 7.20. The highest BCUT2D eigenvalue weighted by atomic mass is 32.2. The zero-order valence-corrected chi connectivity index (χ0v) is 13.5. The summed E-state index contributed by atoms with van der Waals surface area (Å²) in [6, 6.07) is -0.0975. The summed E-state index contributed by atoms with van der Waals surface area (Å²) in [5.74, 6) is 0.445. The highest BCUT2D eigenvalue weighted by Gasteiger charge is 2.22. The van der Waals surface area contributed by atoms with E-state index < -0.39 is 10.0 Å². The lowest BCUT2D eigenvalue weighted by atomic mass is 10.1. The molecule has 116 valence electrons. The second-order valence-electron chi connectivity index (χ2n) is 5.55. The van der Waals surface area contributed by atoms with Gasteiger partial charge < -0.3 is 5.32 Å². The van der Waals surface area contributed by atoms with E-state index in [-0.39, 0.29) is 11.1 Å². The molecule has 7 heteroatoms. The molecule has 0 saturated carbocycles. The smallest absolute Gasteiger partial charge is 0.258 e. The average molecular weight is 302 g/mol. The van der Waals surface area contributed by atoms with E-state index in [1.54, 1.807) is 6.20 Å². The molecular formula is C13H26N4O2S. The van der Waals surface area contributed by atoms with Crippen LogP contribution in [0, 0.1) is 5.92 Å². The molecule has 1 heterocycles. The molecule has 0 saturated heterocycles. The van der Waals surface area contributed by atoms with Crippen LogP contribution in [0.3, 0.4) is 0 Å². The van der Waals surface area contributed by atoms with Crippen LogP contribution in [-0.2, 0) is 16.6 Å². The maximum absolute atomic E-state index is 12.3. The molecule has 1 aromatic heterocycles. The molecule has 0 aliphatic rings. The van der Waals surface area contributed by atoms with Gasteiger partial charge in [0.05, 0.1) is 6.20 Å². The Balaban J connectivity index is 2.74. The third-order valence-corrected chi connectivity index (χ3v) is 4.47. The van der Waals surface area contributed by atoms with Crippen LogP contribution >= 0.6 is 0 Å². The number of nitrogens with one attached hydrogen (secondary N) is 3. The molecule has 1 atom stereocenters. The van der Waals surface area contributed by atoms with Gasteiger partial charge in [-0.25, -0.2) is 13.1 Å². The van der Waals surface area contributed by atoms with Crippen molar-refractivity contribution in [2.24, 2.45) is 5.92 Å². The van der Waals surface area contributed by atoms with E-state index in [1.807, 2.05) is 6.92 Å². The standard InChI is InChI=1S/C13H26N4O2S/c1-5-6-14-8-12-9-15-16-13(12)20(18,19)17-11(4)7-10(2)3/h9-11,14,17H,5-8H2,1-4H3,(H,15,16). The number of rotatable bonds is 9. The second kappa shape index (κ2) is 7.75. The first kappa shape index (κ1) is 17.1. The molecule has 1 rings (SSSR count). The number of aromatic nitrogens is 2. The van der Waals surface area contributed by atoms with Crippen LogP contribution in [0.1, 0.15) is 46.1 Å². The van der Waals surface area contributed by atoms with E-state index in [4.69, 9.17) is 0 Å². The Labute approximate surface area is 121 Å². The molecular weight excluding hydrogens is 276 g/mol. The molecule has 0 aliphatic carbocycles. The summed E-state index contributed by atoms with van der Waals surface area (Å²) >= 11 is 0.